The first-order valence-electron chi connectivity index (χ1n) is 5.97. The molecule has 20 heavy (non-hydrogen) atoms. The Labute approximate surface area is 117 Å². The van der Waals surface area contributed by atoms with Gasteiger partial charge in [0.05, 0.1) is 0 Å². The Morgan fingerprint density at radius 3 is 2.95 bits per heavy atom. The predicted molar refractivity (Wildman–Crippen MR) is 69.7 cm³/mol. The number of thioether (sulfide) groups is 1. The highest BCUT2D eigenvalue weighted by molar-refractivity contribution is 7.99. The molecule has 0 radical (unpaired) electrons. The molecule has 1 aliphatic heterocycles. The number of nitrogens with zero attached hydrogens (tertiary/aromatic N) is 3. The van der Waals surface area contributed by atoms with Gasteiger partial charge in [0.25, 0.3) is 5.91 Å². The molecule has 0 saturated carbocycles. The molecule has 1 aromatic heterocycles. The van der Waals surface area contributed by atoms with E-state index in [0.717, 1.165) is 36.0 Å². The van der Waals surface area contributed by atoms with Gasteiger partial charge in [-0.3, -0.25) is 14.7 Å². The summed E-state index contributed by atoms with van der Waals surface area (Å²) in [5.74, 6) is -1.30. The van der Waals surface area contributed by atoms with Crippen LogP contribution in [-0.4, -0.2) is 26.4 Å². The molecule has 1 N–H and O–H groups in total. The Morgan fingerprint density at radius 1 is 1.30 bits per heavy atom. The highest BCUT2D eigenvalue weighted by Crippen LogP contribution is 2.25. The van der Waals surface area contributed by atoms with Crippen LogP contribution < -0.4 is 5.32 Å². The van der Waals surface area contributed by atoms with Crippen molar-refractivity contribution in [1.29, 1.82) is 0 Å². The summed E-state index contributed by atoms with van der Waals surface area (Å²) in [4.78, 5) is 12.0. The van der Waals surface area contributed by atoms with Gasteiger partial charge >= 0.3 is 0 Å². The standard InChI is InChI=1S/C12H10F2N4OS/c13-8-3-2-7(6-9(8)14)10(19)15-11-16-17-12-18(11)4-1-5-20-12/h2-3,6H,1,4-5H2,(H,15,16,19). The van der Waals surface area contributed by atoms with E-state index >= 15 is 0 Å². The molecule has 0 saturated heterocycles. The van der Waals surface area contributed by atoms with Crippen molar-refractivity contribution in [2.24, 2.45) is 0 Å². The lowest BCUT2D eigenvalue weighted by Crippen LogP contribution is -2.18. The summed E-state index contributed by atoms with van der Waals surface area (Å²) in [5.41, 5.74) is 0.0321. The average molecular weight is 296 g/mol. The molecular formula is C12H10F2N4OS. The molecule has 3 rings (SSSR count). The number of rotatable bonds is 2. The van der Waals surface area contributed by atoms with Crippen molar-refractivity contribution in [3.63, 3.8) is 0 Å². The Balaban J connectivity index is 1.82. The second kappa shape index (κ2) is 5.20. The number of carbonyl (C=O) groups excluding carboxylic acids is 1. The van der Waals surface area contributed by atoms with E-state index in [9.17, 15) is 13.6 Å². The molecule has 1 amide bonds. The summed E-state index contributed by atoms with van der Waals surface area (Å²) >= 11 is 1.57. The van der Waals surface area contributed by atoms with Crippen LogP contribution in [-0.2, 0) is 6.54 Å². The van der Waals surface area contributed by atoms with E-state index < -0.39 is 17.5 Å². The minimum absolute atomic E-state index is 0.0321. The molecule has 0 unspecified atom stereocenters. The first kappa shape index (κ1) is 13.0. The third-order valence-corrected chi connectivity index (χ3v) is 3.93. The maximum absolute atomic E-state index is 13.1. The van der Waals surface area contributed by atoms with Gasteiger partial charge in [-0.2, -0.15) is 0 Å². The molecule has 0 bridgehead atoms. The van der Waals surface area contributed by atoms with Gasteiger partial charge in [0.1, 0.15) is 0 Å². The van der Waals surface area contributed by atoms with Crippen LogP contribution in [0.2, 0.25) is 0 Å². The lowest BCUT2D eigenvalue weighted by molar-refractivity contribution is 0.102. The largest absolute Gasteiger partial charge is 0.290 e. The molecule has 0 spiro atoms. The Kier molecular flexibility index (Phi) is 3.39. The number of hydrogen-bond donors (Lipinski definition) is 1. The van der Waals surface area contributed by atoms with E-state index in [-0.39, 0.29) is 5.56 Å². The maximum atomic E-state index is 13.1. The summed E-state index contributed by atoms with van der Waals surface area (Å²) in [6, 6.07) is 2.99. The number of anilines is 1. The fourth-order valence-electron chi connectivity index (χ4n) is 1.89. The molecule has 0 aliphatic carbocycles. The van der Waals surface area contributed by atoms with Crippen molar-refractivity contribution in [3.8, 4) is 0 Å². The Hall–Kier alpha value is -1.96. The van der Waals surface area contributed by atoms with Crippen LogP contribution in [0.5, 0.6) is 0 Å². The molecule has 1 aromatic carbocycles. The molecule has 1 aliphatic rings. The van der Waals surface area contributed by atoms with Crippen LogP contribution in [0.4, 0.5) is 14.7 Å². The van der Waals surface area contributed by atoms with Crippen LogP contribution in [0.3, 0.4) is 0 Å². The van der Waals surface area contributed by atoms with Crippen LogP contribution in [0.25, 0.3) is 0 Å². The summed E-state index contributed by atoms with van der Waals surface area (Å²) < 4.78 is 27.7. The summed E-state index contributed by atoms with van der Waals surface area (Å²) in [5, 5.41) is 11.2. The number of hydrogen-bond acceptors (Lipinski definition) is 4. The van der Waals surface area contributed by atoms with Crippen molar-refractivity contribution in [3.05, 3.63) is 35.4 Å². The van der Waals surface area contributed by atoms with Crippen LogP contribution >= 0.6 is 11.8 Å². The van der Waals surface area contributed by atoms with Gasteiger partial charge in [-0.25, -0.2) is 8.78 Å². The summed E-state index contributed by atoms with van der Waals surface area (Å²) in [7, 11) is 0. The topological polar surface area (TPSA) is 59.8 Å². The molecule has 5 nitrogen and oxygen atoms in total. The van der Waals surface area contributed by atoms with Gasteiger partial charge in [-0.1, -0.05) is 11.8 Å². The fraction of sp³-hybridized carbons (Fsp3) is 0.250. The van der Waals surface area contributed by atoms with Crippen LogP contribution in [0, 0.1) is 11.6 Å². The zero-order chi connectivity index (χ0) is 14.1. The number of amides is 1. The smallest absolute Gasteiger partial charge is 0.258 e. The normalized spacial score (nSPS) is 13.9. The highest BCUT2D eigenvalue weighted by atomic mass is 32.2. The molecule has 8 heteroatoms. The SMILES string of the molecule is O=C(Nc1nnc2n1CCCS2)c1ccc(F)c(F)c1. The molecule has 2 aromatic rings. The lowest BCUT2D eigenvalue weighted by Gasteiger charge is -2.14. The van der Waals surface area contributed by atoms with Crippen molar-refractivity contribution in [2.45, 2.75) is 18.1 Å². The third kappa shape index (κ3) is 2.38. The van der Waals surface area contributed by atoms with Crippen LogP contribution in [0.1, 0.15) is 16.8 Å². The monoisotopic (exact) mass is 296 g/mol. The zero-order valence-electron chi connectivity index (χ0n) is 10.3. The van der Waals surface area contributed by atoms with E-state index in [4.69, 9.17) is 0 Å². The first-order valence-corrected chi connectivity index (χ1v) is 6.96. The van der Waals surface area contributed by atoms with E-state index in [2.05, 4.69) is 15.5 Å². The molecule has 2 heterocycles. The number of fused-ring (bicyclic) bond motifs is 1. The van der Waals surface area contributed by atoms with Gasteiger partial charge in [0.15, 0.2) is 16.8 Å². The van der Waals surface area contributed by atoms with Gasteiger partial charge < -0.3 is 0 Å². The number of aromatic nitrogens is 3. The second-order valence-corrected chi connectivity index (χ2v) is 5.30. The number of carbonyl (C=O) groups is 1. The van der Waals surface area contributed by atoms with E-state index in [1.807, 2.05) is 0 Å². The van der Waals surface area contributed by atoms with Gasteiger partial charge in [0.2, 0.25) is 5.95 Å². The molecular weight excluding hydrogens is 286 g/mol. The van der Waals surface area contributed by atoms with Crippen molar-refractivity contribution in [2.75, 3.05) is 11.1 Å². The average Bonchev–Trinajstić information content (AvgIpc) is 2.85. The highest BCUT2D eigenvalue weighted by Gasteiger charge is 2.19. The Morgan fingerprint density at radius 2 is 2.15 bits per heavy atom. The fourth-order valence-corrected chi connectivity index (χ4v) is 2.77. The number of halogens is 2. The summed E-state index contributed by atoms with van der Waals surface area (Å²) in [6.45, 7) is 0.725. The van der Waals surface area contributed by atoms with Crippen molar-refractivity contribution in [1.82, 2.24) is 14.8 Å². The molecule has 0 atom stereocenters. The van der Waals surface area contributed by atoms with E-state index in [0.29, 0.717) is 5.95 Å². The minimum Gasteiger partial charge on any atom is -0.290 e. The Bertz CT molecular complexity index is 673. The van der Waals surface area contributed by atoms with E-state index in [1.165, 1.54) is 6.07 Å². The predicted octanol–water partition coefficient (Wildman–Crippen LogP) is 2.30. The summed E-state index contributed by atoms with van der Waals surface area (Å²) in [6.07, 6.45) is 0.962. The number of benzene rings is 1. The first-order chi connectivity index (χ1) is 9.65. The minimum atomic E-state index is -1.06. The van der Waals surface area contributed by atoms with E-state index in [1.54, 1.807) is 16.3 Å². The number of nitrogens with one attached hydrogen (secondary N) is 1. The van der Waals surface area contributed by atoms with Crippen molar-refractivity contribution >= 4 is 23.6 Å². The zero-order valence-corrected chi connectivity index (χ0v) is 11.1. The lowest BCUT2D eigenvalue weighted by atomic mass is 10.2. The maximum Gasteiger partial charge on any atom is 0.258 e. The second-order valence-electron chi connectivity index (χ2n) is 4.24. The van der Waals surface area contributed by atoms with Gasteiger partial charge in [-0.05, 0) is 24.6 Å². The molecule has 104 valence electrons. The van der Waals surface area contributed by atoms with Gasteiger partial charge in [0, 0.05) is 17.9 Å². The molecule has 0 fully saturated rings. The van der Waals surface area contributed by atoms with Crippen LogP contribution in [0.15, 0.2) is 23.4 Å². The third-order valence-electron chi connectivity index (χ3n) is 2.88. The van der Waals surface area contributed by atoms with Crippen molar-refractivity contribution < 1.29 is 13.6 Å². The van der Waals surface area contributed by atoms with Gasteiger partial charge in [-0.15, -0.1) is 10.2 Å². The quantitative estimate of drug-likeness (QED) is 0.924.